The van der Waals surface area contributed by atoms with E-state index >= 15 is 0 Å². The lowest BCUT2D eigenvalue weighted by molar-refractivity contribution is 1.19. The molecular formula is C22H14BrN. The normalized spacial score (nSPS) is 11.5. The van der Waals surface area contributed by atoms with E-state index in [0.29, 0.717) is 0 Å². The first kappa shape index (κ1) is 13.8. The Morgan fingerprint density at radius 3 is 2.29 bits per heavy atom. The van der Waals surface area contributed by atoms with Crippen LogP contribution in [0.25, 0.3) is 38.3 Å². The van der Waals surface area contributed by atoms with Gasteiger partial charge in [0, 0.05) is 20.9 Å². The van der Waals surface area contributed by atoms with Gasteiger partial charge in [0.05, 0.1) is 11.0 Å². The Kier molecular flexibility index (Phi) is 3.00. The second-order valence-electron chi connectivity index (χ2n) is 6.02. The van der Waals surface area contributed by atoms with E-state index in [0.717, 1.165) is 4.47 Å². The van der Waals surface area contributed by atoms with Crippen molar-refractivity contribution in [2.75, 3.05) is 0 Å². The van der Waals surface area contributed by atoms with Crippen LogP contribution in [-0.4, -0.2) is 4.57 Å². The molecule has 0 amide bonds. The molecule has 0 bridgehead atoms. The first-order valence-corrected chi connectivity index (χ1v) is 8.79. The van der Waals surface area contributed by atoms with Crippen LogP contribution in [0, 0.1) is 0 Å². The summed E-state index contributed by atoms with van der Waals surface area (Å²) in [5.41, 5.74) is 3.65. The van der Waals surface area contributed by atoms with Crippen molar-refractivity contribution in [2.45, 2.75) is 0 Å². The minimum absolute atomic E-state index is 1.13. The van der Waals surface area contributed by atoms with Crippen LogP contribution in [0.4, 0.5) is 0 Å². The van der Waals surface area contributed by atoms with Gasteiger partial charge in [-0.05, 0) is 41.1 Å². The van der Waals surface area contributed by atoms with Crippen molar-refractivity contribution in [2.24, 2.45) is 0 Å². The summed E-state index contributed by atoms with van der Waals surface area (Å²) in [6, 6.07) is 30.2. The zero-order valence-electron chi connectivity index (χ0n) is 12.9. The highest BCUT2D eigenvalue weighted by atomic mass is 79.9. The lowest BCUT2D eigenvalue weighted by atomic mass is 10.1. The zero-order chi connectivity index (χ0) is 16.1. The minimum atomic E-state index is 1.13. The molecular weight excluding hydrogens is 358 g/mol. The van der Waals surface area contributed by atoms with Gasteiger partial charge in [-0.25, -0.2) is 0 Å². The fourth-order valence-corrected chi connectivity index (χ4v) is 4.14. The molecule has 0 spiro atoms. The van der Waals surface area contributed by atoms with E-state index < -0.39 is 0 Å². The molecule has 0 radical (unpaired) electrons. The van der Waals surface area contributed by atoms with Crippen LogP contribution in [0.3, 0.4) is 0 Å². The van der Waals surface area contributed by atoms with Gasteiger partial charge < -0.3 is 4.57 Å². The summed E-state index contributed by atoms with van der Waals surface area (Å²) in [5, 5.41) is 5.06. The Morgan fingerprint density at radius 2 is 1.38 bits per heavy atom. The van der Waals surface area contributed by atoms with E-state index in [1.807, 2.05) is 0 Å². The van der Waals surface area contributed by atoms with Crippen molar-refractivity contribution < 1.29 is 0 Å². The molecule has 1 aromatic heterocycles. The van der Waals surface area contributed by atoms with E-state index in [2.05, 4.69) is 105 Å². The number of nitrogens with zero attached hydrogens (tertiary/aromatic N) is 1. The summed E-state index contributed by atoms with van der Waals surface area (Å²) in [6.45, 7) is 0. The lowest BCUT2D eigenvalue weighted by Gasteiger charge is -2.09. The number of rotatable bonds is 1. The van der Waals surface area contributed by atoms with E-state index in [4.69, 9.17) is 0 Å². The van der Waals surface area contributed by atoms with Gasteiger partial charge in [-0.15, -0.1) is 0 Å². The SMILES string of the molecule is Brc1cccc2c1c1ccccc1n2-c1ccc2ccccc2c1. The highest BCUT2D eigenvalue weighted by Gasteiger charge is 2.13. The predicted octanol–water partition coefficient (Wildman–Crippen LogP) is 6.70. The molecule has 5 aromatic rings. The Labute approximate surface area is 148 Å². The van der Waals surface area contributed by atoms with Crippen LogP contribution in [0.5, 0.6) is 0 Å². The van der Waals surface area contributed by atoms with Crippen LogP contribution in [0.1, 0.15) is 0 Å². The topological polar surface area (TPSA) is 4.93 Å². The van der Waals surface area contributed by atoms with Crippen molar-refractivity contribution in [3.05, 3.63) is 89.4 Å². The number of hydrogen-bond donors (Lipinski definition) is 0. The Morgan fingerprint density at radius 1 is 0.625 bits per heavy atom. The maximum absolute atomic E-state index is 3.73. The fourth-order valence-electron chi connectivity index (χ4n) is 3.57. The molecule has 0 unspecified atom stereocenters. The van der Waals surface area contributed by atoms with Crippen molar-refractivity contribution in [1.29, 1.82) is 0 Å². The molecule has 2 heteroatoms. The highest BCUT2D eigenvalue weighted by molar-refractivity contribution is 9.10. The van der Waals surface area contributed by atoms with Gasteiger partial charge in [0.2, 0.25) is 0 Å². The first-order valence-electron chi connectivity index (χ1n) is 8.00. The largest absolute Gasteiger partial charge is 0.309 e. The number of para-hydroxylation sites is 1. The molecule has 0 saturated heterocycles. The molecule has 24 heavy (non-hydrogen) atoms. The summed E-state index contributed by atoms with van der Waals surface area (Å²) in [5.74, 6) is 0. The average molecular weight is 372 g/mol. The second kappa shape index (κ2) is 5.22. The summed E-state index contributed by atoms with van der Waals surface area (Å²) < 4.78 is 3.48. The molecule has 0 saturated carbocycles. The molecule has 0 aliphatic rings. The number of halogens is 1. The van der Waals surface area contributed by atoms with Gasteiger partial charge in [-0.3, -0.25) is 0 Å². The molecule has 1 heterocycles. The fraction of sp³-hybridized carbons (Fsp3) is 0. The van der Waals surface area contributed by atoms with Gasteiger partial charge in [0.15, 0.2) is 0 Å². The Bertz CT molecular complexity index is 1220. The van der Waals surface area contributed by atoms with E-state index in [1.165, 1.54) is 38.3 Å². The lowest BCUT2D eigenvalue weighted by Crippen LogP contribution is -1.93. The quantitative estimate of drug-likeness (QED) is 0.309. The van der Waals surface area contributed by atoms with Gasteiger partial charge in [-0.2, -0.15) is 0 Å². The molecule has 0 aliphatic carbocycles. The molecule has 4 aromatic carbocycles. The summed E-state index contributed by atoms with van der Waals surface area (Å²) in [7, 11) is 0. The van der Waals surface area contributed by atoms with E-state index in [-0.39, 0.29) is 0 Å². The maximum atomic E-state index is 3.73. The third kappa shape index (κ3) is 1.93. The third-order valence-electron chi connectivity index (χ3n) is 4.64. The summed E-state index contributed by atoms with van der Waals surface area (Å²) in [4.78, 5) is 0. The first-order chi connectivity index (χ1) is 11.8. The molecule has 0 N–H and O–H groups in total. The van der Waals surface area contributed by atoms with Crippen LogP contribution in [-0.2, 0) is 0 Å². The molecule has 0 fully saturated rings. The molecule has 0 aliphatic heterocycles. The number of benzene rings is 4. The molecule has 5 rings (SSSR count). The van der Waals surface area contributed by atoms with Crippen molar-refractivity contribution in [3.63, 3.8) is 0 Å². The highest BCUT2D eigenvalue weighted by Crippen LogP contribution is 2.36. The van der Waals surface area contributed by atoms with Crippen LogP contribution in [0.2, 0.25) is 0 Å². The number of aromatic nitrogens is 1. The van der Waals surface area contributed by atoms with Crippen LogP contribution < -0.4 is 0 Å². The van der Waals surface area contributed by atoms with Crippen molar-refractivity contribution >= 4 is 48.5 Å². The van der Waals surface area contributed by atoms with E-state index in [9.17, 15) is 0 Å². The number of hydrogen-bond acceptors (Lipinski definition) is 0. The predicted molar refractivity (Wildman–Crippen MR) is 106 cm³/mol. The van der Waals surface area contributed by atoms with Crippen LogP contribution in [0.15, 0.2) is 89.4 Å². The maximum Gasteiger partial charge on any atom is 0.0552 e. The molecule has 114 valence electrons. The monoisotopic (exact) mass is 371 g/mol. The summed E-state index contributed by atoms with van der Waals surface area (Å²) in [6.07, 6.45) is 0. The molecule has 1 nitrogen and oxygen atoms in total. The standard InChI is InChI=1S/C22H14BrN/c23-19-9-5-11-21-22(19)18-8-3-4-10-20(18)24(21)17-13-12-15-6-1-2-7-16(15)14-17/h1-14H. The Balaban J connectivity index is 1.95. The third-order valence-corrected chi connectivity index (χ3v) is 5.30. The number of fused-ring (bicyclic) bond motifs is 4. The average Bonchev–Trinajstić information content (AvgIpc) is 2.97. The van der Waals surface area contributed by atoms with Crippen LogP contribution >= 0.6 is 15.9 Å². The Hall–Kier alpha value is -2.58. The summed E-state index contributed by atoms with van der Waals surface area (Å²) >= 11 is 3.73. The van der Waals surface area contributed by atoms with Crippen molar-refractivity contribution in [3.8, 4) is 5.69 Å². The zero-order valence-corrected chi connectivity index (χ0v) is 14.5. The smallest absolute Gasteiger partial charge is 0.0552 e. The van der Waals surface area contributed by atoms with Gasteiger partial charge in [-0.1, -0.05) is 70.5 Å². The van der Waals surface area contributed by atoms with Crippen molar-refractivity contribution in [1.82, 2.24) is 4.57 Å². The minimum Gasteiger partial charge on any atom is -0.309 e. The van der Waals surface area contributed by atoms with Gasteiger partial charge in [0.1, 0.15) is 0 Å². The van der Waals surface area contributed by atoms with E-state index in [1.54, 1.807) is 0 Å². The van der Waals surface area contributed by atoms with Gasteiger partial charge in [0.25, 0.3) is 0 Å². The molecule has 0 atom stereocenters. The van der Waals surface area contributed by atoms with Gasteiger partial charge >= 0.3 is 0 Å². The second-order valence-corrected chi connectivity index (χ2v) is 6.87.